The Kier molecular flexibility index (Phi) is 4.96. The predicted molar refractivity (Wildman–Crippen MR) is 81.1 cm³/mol. The summed E-state index contributed by atoms with van der Waals surface area (Å²) in [5.41, 5.74) is 0.531. The summed E-state index contributed by atoms with van der Waals surface area (Å²) in [7, 11) is 0. The van der Waals surface area contributed by atoms with Gasteiger partial charge in [0, 0.05) is 24.2 Å². The molecule has 0 bridgehead atoms. The number of halogens is 1. The van der Waals surface area contributed by atoms with Crippen molar-refractivity contribution in [2.45, 2.75) is 46.3 Å². The highest BCUT2D eigenvalue weighted by Crippen LogP contribution is 2.27. The van der Waals surface area contributed by atoms with Crippen LogP contribution in [0.1, 0.15) is 39.3 Å². The molecule has 0 aliphatic carbocycles. The highest BCUT2D eigenvalue weighted by molar-refractivity contribution is 5.37. The van der Waals surface area contributed by atoms with E-state index in [1.54, 1.807) is 23.0 Å². The van der Waals surface area contributed by atoms with Crippen molar-refractivity contribution in [1.29, 1.82) is 0 Å². The van der Waals surface area contributed by atoms with E-state index >= 15 is 0 Å². The fourth-order valence-electron chi connectivity index (χ4n) is 1.89. The van der Waals surface area contributed by atoms with Crippen molar-refractivity contribution in [3.8, 4) is 11.5 Å². The molecule has 0 unspecified atom stereocenters. The van der Waals surface area contributed by atoms with Gasteiger partial charge in [0.1, 0.15) is 11.6 Å². The maximum atomic E-state index is 14.0. The molecule has 0 radical (unpaired) electrons. The molecule has 0 saturated carbocycles. The second-order valence-corrected chi connectivity index (χ2v) is 5.60. The molecule has 1 aromatic heterocycles. The Hall–Kier alpha value is -1.88. The van der Waals surface area contributed by atoms with Gasteiger partial charge in [-0.25, -0.2) is 4.39 Å². The minimum atomic E-state index is -0.267. The number of aromatic nitrogens is 2. The van der Waals surface area contributed by atoms with Gasteiger partial charge in [0.2, 0.25) is 0 Å². The van der Waals surface area contributed by atoms with Gasteiger partial charge in [-0.1, -0.05) is 19.9 Å². The third-order valence-electron chi connectivity index (χ3n) is 3.10. The zero-order chi connectivity index (χ0) is 15.4. The predicted octanol–water partition coefficient (Wildman–Crippen LogP) is 3.89. The van der Waals surface area contributed by atoms with Crippen LogP contribution in [0.15, 0.2) is 30.6 Å². The first-order valence-electron chi connectivity index (χ1n) is 7.20. The fraction of sp³-hybridized carbons (Fsp3) is 0.438. The first-order chi connectivity index (χ1) is 9.97. The molecular weight excluding hydrogens is 269 g/mol. The maximum absolute atomic E-state index is 14.0. The monoisotopic (exact) mass is 291 g/mol. The van der Waals surface area contributed by atoms with Crippen LogP contribution in [0, 0.1) is 5.82 Å². The number of rotatable bonds is 6. The SMILES string of the molecule is CC(C)NCc1c(F)cccc1Oc1cnn(C(C)C)c1. The van der Waals surface area contributed by atoms with Crippen molar-refractivity contribution >= 4 is 0 Å². The summed E-state index contributed by atoms with van der Waals surface area (Å²) >= 11 is 0. The number of hydrogen-bond acceptors (Lipinski definition) is 3. The van der Waals surface area contributed by atoms with Gasteiger partial charge in [0.25, 0.3) is 0 Å². The number of benzene rings is 1. The molecular formula is C16H22FN3O. The fourth-order valence-corrected chi connectivity index (χ4v) is 1.89. The van der Waals surface area contributed by atoms with E-state index in [0.29, 0.717) is 23.6 Å². The molecule has 2 aromatic rings. The number of hydrogen-bond donors (Lipinski definition) is 1. The lowest BCUT2D eigenvalue weighted by Crippen LogP contribution is -2.22. The van der Waals surface area contributed by atoms with Crippen LogP contribution >= 0.6 is 0 Å². The van der Waals surface area contributed by atoms with Gasteiger partial charge < -0.3 is 10.1 Å². The van der Waals surface area contributed by atoms with Crippen LogP contribution in [-0.2, 0) is 6.54 Å². The van der Waals surface area contributed by atoms with E-state index in [0.717, 1.165) is 0 Å². The summed E-state index contributed by atoms with van der Waals surface area (Å²) in [5, 5.41) is 7.43. The summed E-state index contributed by atoms with van der Waals surface area (Å²) in [6.45, 7) is 8.55. The van der Waals surface area contributed by atoms with Crippen LogP contribution in [0.2, 0.25) is 0 Å². The van der Waals surface area contributed by atoms with Gasteiger partial charge >= 0.3 is 0 Å². The molecule has 0 saturated heterocycles. The standard InChI is InChI=1S/C16H22FN3O/c1-11(2)18-9-14-15(17)6-5-7-16(14)21-13-8-19-20(10-13)12(3)4/h5-8,10-12,18H,9H2,1-4H3. The molecule has 1 heterocycles. The molecule has 1 N–H and O–H groups in total. The van der Waals surface area contributed by atoms with E-state index in [-0.39, 0.29) is 17.9 Å². The second-order valence-electron chi connectivity index (χ2n) is 5.60. The highest BCUT2D eigenvalue weighted by atomic mass is 19.1. The Balaban J connectivity index is 2.20. The normalized spacial score (nSPS) is 11.4. The smallest absolute Gasteiger partial charge is 0.165 e. The first-order valence-corrected chi connectivity index (χ1v) is 7.20. The molecule has 114 valence electrons. The van der Waals surface area contributed by atoms with E-state index in [1.165, 1.54) is 6.07 Å². The average Bonchev–Trinajstić information content (AvgIpc) is 2.86. The molecule has 4 nitrogen and oxygen atoms in total. The number of nitrogens with zero attached hydrogens (tertiary/aromatic N) is 2. The van der Waals surface area contributed by atoms with Crippen molar-refractivity contribution in [3.05, 3.63) is 42.0 Å². The molecule has 0 aliphatic heterocycles. The number of nitrogens with one attached hydrogen (secondary N) is 1. The summed E-state index contributed by atoms with van der Waals surface area (Å²) in [6.07, 6.45) is 3.46. The summed E-state index contributed by atoms with van der Waals surface area (Å²) in [6, 6.07) is 5.41. The first kappa shape index (κ1) is 15.5. The van der Waals surface area contributed by atoms with Crippen molar-refractivity contribution < 1.29 is 9.13 Å². The van der Waals surface area contributed by atoms with E-state index in [4.69, 9.17) is 4.74 Å². The lowest BCUT2D eigenvalue weighted by Gasteiger charge is -2.13. The quantitative estimate of drug-likeness (QED) is 0.877. The highest BCUT2D eigenvalue weighted by Gasteiger charge is 2.12. The minimum Gasteiger partial charge on any atom is -0.454 e. The Morgan fingerprint density at radius 3 is 2.67 bits per heavy atom. The Bertz CT molecular complexity index is 593. The average molecular weight is 291 g/mol. The maximum Gasteiger partial charge on any atom is 0.165 e. The van der Waals surface area contributed by atoms with Crippen molar-refractivity contribution in [1.82, 2.24) is 15.1 Å². The summed E-state index contributed by atoms with van der Waals surface area (Å²) < 4.78 is 21.6. The van der Waals surface area contributed by atoms with Crippen LogP contribution in [0.3, 0.4) is 0 Å². The van der Waals surface area contributed by atoms with Crippen LogP contribution in [-0.4, -0.2) is 15.8 Å². The van der Waals surface area contributed by atoms with E-state index in [2.05, 4.69) is 10.4 Å². The molecule has 0 spiro atoms. The zero-order valence-electron chi connectivity index (χ0n) is 12.9. The lowest BCUT2D eigenvalue weighted by molar-refractivity contribution is 0.454. The molecule has 21 heavy (non-hydrogen) atoms. The van der Waals surface area contributed by atoms with Crippen molar-refractivity contribution in [3.63, 3.8) is 0 Å². The molecule has 5 heteroatoms. The van der Waals surface area contributed by atoms with Gasteiger partial charge in [-0.2, -0.15) is 5.10 Å². The lowest BCUT2D eigenvalue weighted by atomic mass is 10.1. The molecule has 0 aliphatic rings. The topological polar surface area (TPSA) is 39.1 Å². The van der Waals surface area contributed by atoms with E-state index in [9.17, 15) is 4.39 Å². The molecule has 0 atom stereocenters. The van der Waals surface area contributed by atoms with Gasteiger partial charge in [0.15, 0.2) is 5.75 Å². The van der Waals surface area contributed by atoms with Crippen LogP contribution < -0.4 is 10.1 Å². The van der Waals surface area contributed by atoms with Gasteiger partial charge in [0.05, 0.1) is 12.4 Å². The second kappa shape index (κ2) is 6.72. The number of ether oxygens (including phenoxy) is 1. The Labute approximate surface area is 124 Å². The van der Waals surface area contributed by atoms with Crippen LogP contribution in [0.25, 0.3) is 0 Å². The van der Waals surface area contributed by atoms with E-state index in [1.807, 2.05) is 33.9 Å². The summed E-state index contributed by atoms with van der Waals surface area (Å²) in [4.78, 5) is 0. The van der Waals surface area contributed by atoms with Crippen molar-refractivity contribution in [2.24, 2.45) is 0 Å². The summed E-state index contributed by atoms with van der Waals surface area (Å²) in [5.74, 6) is 0.864. The minimum absolute atomic E-state index is 0.261. The largest absolute Gasteiger partial charge is 0.454 e. The van der Waals surface area contributed by atoms with Gasteiger partial charge in [-0.3, -0.25) is 4.68 Å². The van der Waals surface area contributed by atoms with Gasteiger partial charge in [-0.15, -0.1) is 0 Å². The molecule has 1 aromatic carbocycles. The third kappa shape index (κ3) is 4.04. The molecule has 0 amide bonds. The molecule has 0 fully saturated rings. The zero-order valence-corrected chi connectivity index (χ0v) is 12.9. The molecule has 2 rings (SSSR count). The van der Waals surface area contributed by atoms with Crippen LogP contribution in [0.4, 0.5) is 4.39 Å². The third-order valence-corrected chi connectivity index (χ3v) is 3.10. The van der Waals surface area contributed by atoms with Gasteiger partial charge in [-0.05, 0) is 26.0 Å². The Morgan fingerprint density at radius 2 is 2.05 bits per heavy atom. The Morgan fingerprint density at radius 1 is 1.29 bits per heavy atom. The van der Waals surface area contributed by atoms with E-state index < -0.39 is 0 Å². The van der Waals surface area contributed by atoms with Crippen LogP contribution in [0.5, 0.6) is 11.5 Å². The van der Waals surface area contributed by atoms with Crippen molar-refractivity contribution in [2.75, 3.05) is 0 Å².